The number of methoxy groups -OCH3 is 1. The highest BCUT2D eigenvalue weighted by Gasteiger charge is 2.13. The van der Waals surface area contributed by atoms with Crippen LogP contribution in [0.5, 0.6) is 0 Å². The van der Waals surface area contributed by atoms with E-state index < -0.39 is 0 Å². The van der Waals surface area contributed by atoms with Crippen molar-refractivity contribution in [3.63, 3.8) is 0 Å². The van der Waals surface area contributed by atoms with Crippen LogP contribution in [0.3, 0.4) is 0 Å². The Kier molecular flexibility index (Phi) is 3.96. The van der Waals surface area contributed by atoms with E-state index in [1.165, 1.54) is 23.1 Å². The minimum Gasteiger partial charge on any atom is -0.465 e. The molecule has 0 spiro atoms. The summed E-state index contributed by atoms with van der Waals surface area (Å²) >= 11 is 1.48. The zero-order valence-corrected chi connectivity index (χ0v) is 13.8. The number of aryl methyl sites for hydroxylation is 2. The van der Waals surface area contributed by atoms with Crippen LogP contribution in [0, 0.1) is 13.8 Å². The summed E-state index contributed by atoms with van der Waals surface area (Å²) in [6, 6.07) is 6.88. The molecule has 3 aromatic rings. The van der Waals surface area contributed by atoms with Gasteiger partial charge in [0.1, 0.15) is 0 Å². The predicted octanol–water partition coefficient (Wildman–Crippen LogP) is 2.30. The molecule has 0 atom stereocenters. The molecule has 0 saturated heterocycles. The maximum Gasteiger partial charge on any atom is 0.337 e. The summed E-state index contributed by atoms with van der Waals surface area (Å²) in [6.07, 6.45) is 0. The Labute approximate surface area is 136 Å². The van der Waals surface area contributed by atoms with Crippen LogP contribution >= 0.6 is 11.3 Å². The molecule has 0 radical (unpaired) electrons. The molecule has 0 saturated carbocycles. The Morgan fingerprint density at radius 1 is 1.26 bits per heavy atom. The summed E-state index contributed by atoms with van der Waals surface area (Å²) in [5.74, 6) is -0.390. The minimum absolute atomic E-state index is 0.145. The van der Waals surface area contributed by atoms with E-state index in [-0.39, 0.29) is 11.5 Å². The Hall–Kier alpha value is -2.54. The fourth-order valence-electron chi connectivity index (χ4n) is 2.34. The average Bonchev–Trinajstić information content (AvgIpc) is 2.85. The molecular formula is C16H15N3O3S. The second-order valence-electron chi connectivity index (χ2n) is 5.20. The van der Waals surface area contributed by atoms with E-state index in [9.17, 15) is 9.59 Å². The van der Waals surface area contributed by atoms with Gasteiger partial charge in [-0.1, -0.05) is 17.3 Å². The van der Waals surface area contributed by atoms with Gasteiger partial charge in [0.05, 0.1) is 24.6 Å². The molecule has 2 aromatic heterocycles. The van der Waals surface area contributed by atoms with Gasteiger partial charge in [-0.2, -0.15) is 0 Å². The van der Waals surface area contributed by atoms with Crippen LogP contribution in [0.15, 0.2) is 29.1 Å². The molecule has 0 bridgehead atoms. The van der Waals surface area contributed by atoms with Gasteiger partial charge in [0, 0.05) is 4.88 Å². The molecule has 0 amide bonds. The standard InChI is InChI=1S/C16H15N3O3S/c1-9-10(2)23-14-13(9)15(20)19(18-17-14)8-11-4-6-12(7-5-11)16(21)22-3/h4-7H,8H2,1-3H3. The van der Waals surface area contributed by atoms with Crippen molar-refractivity contribution in [3.05, 3.63) is 56.2 Å². The van der Waals surface area contributed by atoms with Crippen molar-refractivity contribution in [3.8, 4) is 0 Å². The lowest BCUT2D eigenvalue weighted by Gasteiger charge is -2.05. The quantitative estimate of drug-likeness (QED) is 0.689. The number of hydrogen-bond acceptors (Lipinski definition) is 6. The third-order valence-electron chi connectivity index (χ3n) is 3.77. The zero-order valence-electron chi connectivity index (χ0n) is 13.0. The topological polar surface area (TPSA) is 74.1 Å². The van der Waals surface area contributed by atoms with Gasteiger partial charge in [-0.3, -0.25) is 4.79 Å². The number of hydrogen-bond donors (Lipinski definition) is 0. The Morgan fingerprint density at radius 3 is 2.61 bits per heavy atom. The fraction of sp³-hybridized carbons (Fsp3) is 0.250. The van der Waals surface area contributed by atoms with Gasteiger partial charge in [0.25, 0.3) is 5.56 Å². The molecule has 0 N–H and O–H groups in total. The van der Waals surface area contributed by atoms with Gasteiger partial charge in [-0.05, 0) is 37.1 Å². The molecule has 23 heavy (non-hydrogen) atoms. The second-order valence-corrected chi connectivity index (χ2v) is 6.41. The Balaban J connectivity index is 1.95. The van der Waals surface area contributed by atoms with E-state index in [0.29, 0.717) is 22.3 Å². The lowest BCUT2D eigenvalue weighted by molar-refractivity contribution is 0.0600. The van der Waals surface area contributed by atoms with Crippen LogP contribution < -0.4 is 5.56 Å². The van der Waals surface area contributed by atoms with Gasteiger partial charge in [-0.25, -0.2) is 9.48 Å². The zero-order chi connectivity index (χ0) is 16.6. The number of fused-ring (bicyclic) bond motifs is 1. The molecule has 0 fully saturated rings. The van der Waals surface area contributed by atoms with Crippen molar-refractivity contribution in [2.45, 2.75) is 20.4 Å². The number of benzene rings is 1. The first-order valence-electron chi connectivity index (χ1n) is 7.02. The van der Waals surface area contributed by atoms with Gasteiger partial charge < -0.3 is 4.74 Å². The van der Waals surface area contributed by atoms with Crippen molar-refractivity contribution in [1.29, 1.82) is 0 Å². The molecule has 7 heteroatoms. The SMILES string of the molecule is COC(=O)c1ccc(Cn2nnc3sc(C)c(C)c3c2=O)cc1. The summed E-state index contributed by atoms with van der Waals surface area (Å²) in [7, 11) is 1.34. The maximum absolute atomic E-state index is 12.6. The van der Waals surface area contributed by atoms with Crippen molar-refractivity contribution < 1.29 is 9.53 Å². The number of aromatic nitrogens is 3. The summed E-state index contributed by atoms with van der Waals surface area (Å²) < 4.78 is 6.00. The third kappa shape index (κ3) is 2.75. The summed E-state index contributed by atoms with van der Waals surface area (Å²) in [6.45, 7) is 4.20. The molecule has 3 rings (SSSR count). The lowest BCUT2D eigenvalue weighted by atomic mass is 10.1. The smallest absolute Gasteiger partial charge is 0.337 e. The average molecular weight is 329 g/mol. The number of nitrogens with zero attached hydrogens (tertiary/aromatic N) is 3. The van der Waals surface area contributed by atoms with Crippen LogP contribution in [0.25, 0.3) is 10.2 Å². The molecule has 6 nitrogen and oxygen atoms in total. The highest BCUT2D eigenvalue weighted by Crippen LogP contribution is 2.25. The van der Waals surface area contributed by atoms with Crippen molar-refractivity contribution in [1.82, 2.24) is 15.0 Å². The second kappa shape index (κ2) is 5.92. The summed E-state index contributed by atoms with van der Waals surface area (Å²) in [4.78, 5) is 25.8. The molecule has 0 aliphatic heterocycles. The number of esters is 1. The molecule has 118 valence electrons. The highest BCUT2D eigenvalue weighted by atomic mass is 32.1. The van der Waals surface area contributed by atoms with Crippen LogP contribution in [0.4, 0.5) is 0 Å². The third-order valence-corrected chi connectivity index (χ3v) is 4.86. The predicted molar refractivity (Wildman–Crippen MR) is 88.0 cm³/mol. The van der Waals surface area contributed by atoms with E-state index in [2.05, 4.69) is 15.0 Å². The molecule has 0 aliphatic carbocycles. The normalized spacial score (nSPS) is 10.9. The first-order valence-corrected chi connectivity index (χ1v) is 7.83. The van der Waals surface area contributed by atoms with Gasteiger partial charge in [-0.15, -0.1) is 16.4 Å². The van der Waals surface area contributed by atoms with Gasteiger partial charge in [0.2, 0.25) is 0 Å². The summed E-state index contributed by atoms with van der Waals surface area (Å²) in [5.41, 5.74) is 2.14. The highest BCUT2D eigenvalue weighted by molar-refractivity contribution is 7.18. The number of rotatable bonds is 3. The molecule has 1 aromatic carbocycles. The maximum atomic E-state index is 12.6. The summed E-state index contributed by atoms with van der Waals surface area (Å²) in [5, 5.41) is 8.77. The van der Waals surface area contributed by atoms with E-state index in [0.717, 1.165) is 16.0 Å². The molecular weight excluding hydrogens is 314 g/mol. The van der Waals surface area contributed by atoms with Crippen molar-refractivity contribution in [2.24, 2.45) is 0 Å². The largest absolute Gasteiger partial charge is 0.465 e. The van der Waals surface area contributed by atoms with Crippen molar-refractivity contribution >= 4 is 27.5 Å². The van der Waals surface area contributed by atoms with Gasteiger partial charge in [0.15, 0.2) is 4.83 Å². The van der Waals surface area contributed by atoms with E-state index >= 15 is 0 Å². The van der Waals surface area contributed by atoms with Crippen LogP contribution in [-0.2, 0) is 11.3 Å². The molecule has 2 heterocycles. The van der Waals surface area contributed by atoms with Crippen molar-refractivity contribution in [2.75, 3.05) is 7.11 Å². The molecule has 0 unspecified atom stereocenters. The molecule has 0 aliphatic rings. The Bertz CT molecular complexity index is 942. The van der Waals surface area contributed by atoms with Crippen LogP contribution in [-0.4, -0.2) is 28.1 Å². The fourth-order valence-corrected chi connectivity index (χ4v) is 3.30. The lowest BCUT2D eigenvalue weighted by Crippen LogP contribution is -2.24. The number of carbonyl (C=O) groups is 1. The van der Waals surface area contributed by atoms with Gasteiger partial charge >= 0.3 is 5.97 Å². The first kappa shape index (κ1) is 15.4. The van der Waals surface area contributed by atoms with E-state index in [4.69, 9.17) is 0 Å². The monoisotopic (exact) mass is 329 g/mol. The number of carbonyl (C=O) groups excluding carboxylic acids is 1. The van der Waals surface area contributed by atoms with Crippen LogP contribution in [0.1, 0.15) is 26.4 Å². The minimum atomic E-state index is -0.390. The van der Waals surface area contributed by atoms with E-state index in [1.54, 1.807) is 24.3 Å². The van der Waals surface area contributed by atoms with E-state index in [1.807, 2.05) is 13.8 Å². The first-order chi connectivity index (χ1) is 11.0. The number of ether oxygens (including phenoxy) is 1. The van der Waals surface area contributed by atoms with Crippen LogP contribution in [0.2, 0.25) is 0 Å². The number of thiophene rings is 1. The Morgan fingerprint density at radius 2 is 1.96 bits per heavy atom.